The Balaban J connectivity index is 1.70. The van der Waals surface area contributed by atoms with Gasteiger partial charge in [-0.2, -0.15) is 0 Å². The summed E-state index contributed by atoms with van der Waals surface area (Å²) in [6, 6.07) is 21.8. The van der Waals surface area contributed by atoms with Gasteiger partial charge in [-0.25, -0.2) is 4.98 Å². The number of carbonyl (C=O) groups is 1. The molecule has 1 amide bonds. The van der Waals surface area contributed by atoms with Gasteiger partial charge in [-0.1, -0.05) is 61.5 Å². The molecule has 23 heavy (non-hydrogen) atoms. The van der Waals surface area contributed by atoms with E-state index in [2.05, 4.69) is 29.4 Å². The topological polar surface area (TPSA) is 42.0 Å². The fraction of sp³-hybridized carbons (Fsp3) is 0.200. The first-order valence-electron chi connectivity index (χ1n) is 7.97. The van der Waals surface area contributed by atoms with Crippen molar-refractivity contribution in [2.24, 2.45) is 0 Å². The van der Waals surface area contributed by atoms with Crippen molar-refractivity contribution in [3.8, 4) is 0 Å². The lowest BCUT2D eigenvalue weighted by Crippen LogP contribution is -2.29. The summed E-state index contributed by atoms with van der Waals surface area (Å²) in [6.45, 7) is 2.76. The van der Waals surface area contributed by atoms with Crippen LogP contribution in [0.25, 0.3) is 10.9 Å². The summed E-state index contributed by atoms with van der Waals surface area (Å²) in [5, 5.41) is 4.05. The van der Waals surface area contributed by atoms with Crippen molar-refractivity contribution in [3.63, 3.8) is 0 Å². The maximum atomic E-state index is 12.4. The molecule has 1 heterocycles. The maximum Gasteiger partial charge on any atom is 0.269 e. The van der Waals surface area contributed by atoms with Crippen LogP contribution < -0.4 is 5.32 Å². The van der Waals surface area contributed by atoms with Crippen LogP contribution in [0.2, 0.25) is 0 Å². The normalized spacial score (nSPS) is 12.0. The molecule has 2 aromatic carbocycles. The number of aromatic nitrogens is 1. The van der Waals surface area contributed by atoms with Crippen molar-refractivity contribution in [2.45, 2.75) is 19.3 Å². The molecule has 0 aliphatic carbocycles. The summed E-state index contributed by atoms with van der Waals surface area (Å²) < 4.78 is 0. The van der Waals surface area contributed by atoms with Crippen molar-refractivity contribution < 1.29 is 4.79 Å². The second kappa shape index (κ2) is 7.05. The summed E-state index contributed by atoms with van der Waals surface area (Å²) in [7, 11) is 0. The fourth-order valence-corrected chi connectivity index (χ4v) is 2.72. The molecule has 3 heteroatoms. The lowest BCUT2D eigenvalue weighted by Gasteiger charge is -2.16. The molecule has 3 nitrogen and oxygen atoms in total. The van der Waals surface area contributed by atoms with E-state index in [0.717, 1.165) is 17.3 Å². The van der Waals surface area contributed by atoms with Crippen LogP contribution >= 0.6 is 0 Å². The summed E-state index contributed by atoms with van der Waals surface area (Å²) in [5.74, 6) is 0.200. The van der Waals surface area contributed by atoms with E-state index >= 15 is 0 Å². The van der Waals surface area contributed by atoms with Gasteiger partial charge in [0, 0.05) is 17.8 Å². The Morgan fingerprint density at radius 2 is 1.74 bits per heavy atom. The molecular weight excluding hydrogens is 284 g/mol. The number of hydrogen-bond acceptors (Lipinski definition) is 2. The molecule has 1 atom stereocenters. The van der Waals surface area contributed by atoms with Gasteiger partial charge in [0.25, 0.3) is 5.91 Å². The van der Waals surface area contributed by atoms with E-state index in [1.54, 1.807) is 6.07 Å². The van der Waals surface area contributed by atoms with Crippen molar-refractivity contribution in [1.29, 1.82) is 0 Å². The van der Waals surface area contributed by atoms with Crippen molar-refractivity contribution in [2.75, 3.05) is 6.54 Å². The highest BCUT2D eigenvalue weighted by molar-refractivity contribution is 5.94. The number of hydrogen-bond donors (Lipinski definition) is 1. The van der Waals surface area contributed by atoms with Crippen molar-refractivity contribution in [3.05, 3.63) is 78.0 Å². The fourth-order valence-electron chi connectivity index (χ4n) is 2.72. The zero-order valence-electron chi connectivity index (χ0n) is 13.2. The highest BCUT2D eigenvalue weighted by Gasteiger charge is 2.13. The Morgan fingerprint density at radius 3 is 2.52 bits per heavy atom. The Bertz CT molecular complexity index is 799. The molecule has 3 rings (SSSR count). The first kappa shape index (κ1) is 15.2. The molecule has 0 bridgehead atoms. The van der Waals surface area contributed by atoms with Gasteiger partial charge >= 0.3 is 0 Å². The van der Waals surface area contributed by atoms with Crippen LogP contribution in [0, 0.1) is 0 Å². The summed E-state index contributed by atoms with van der Waals surface area (Å²) in [5.41, 5.74) is 2.56. The molecule has 0 fully saturated rings. The largest absolute Gasteiger partial charge is 0.350 e. The minimum absolute atomic E-state index is 0.120. The lowest BCUT2D eigenvalue weighted by atomic mass is 9.96. The second-order valence-corrected chi connectivity index (χ2v) is 5.62. The van der Waals surface area contributed by atoms with Gasteiger partial charge < -0.3 is 5.32 Å². The zero-order valence-corrected chi connectivity index (χ0v) is 13.2. The third-order valence-electron chi connectivity index (χ3n) is 4.10. The molecule has 116 valence electrons. The quantitative estimate of drug-likeness (QED) is 0.769. The second-order valence-electron chi connectivity index (χ2n) is 5.62. The molecule has 0 saturated carbocycles. The van der Waals surface area contributed by atoms with Gasteiger partial charge in [0.2, 0.25) is 0 Å². The highest BCUT2D eigenvalue weighted by atomic mass is 16.1. The summed E-state index contributed by atoms with van der Waals surface area (Å²) >= 11 is 0. The van der Waals surface area contributed by atoms with Crippen LogP contribution in [0.1, 0.15) is 35.3 Å². The predicted molar refractivity (Wildman–Crippen MR) is 93.6 cm³/mol. The van der Waals surface area contributed by atoms with E-state index in [1.807, 2.05) is 48.5 Å². The van der Waals surface area contributed by atoms with Gasteiger partial charge in [-0.3, -0.25) is 4.79 Å². The van der Waals surface area contributed by atoms with E-state index in [1.165, 1.54) is 5.56 Å². The van der Waals surface area contributed by atoms with E-state index in [4.69, 9.17) is 0 Å². The first-order valence-corrected chi connectivity index (χ1v) is 7.97. The number of rotatable bonds is 5. The molecule has 1 unspecified atom stereocenters. The predicted octanol–water partition coefficient (Wildman–Crippen LogP) is 4.16. The number of carbonyl (C=O) groups excluding carboxylic acids is 1. The molecule has 0 saturated heterocycles. The molecule has 0 radical (unpaired) electrons. The SMILES string of the molecule is CCC(CNC(=O)c1ccc2ccccc2n1)c1ccccc1. The number of nitrogens with one attached hydrogen (secondary N) is 1. The van der Waals surface area contributed by atoms with Crippen LogP contribution in [-0.4, -0.2) is 17.4 Å². The smallest absolute Gasteiger partial charge is 0.269 e. The Labute approximate surface area is 136 Å². The monoisotopic (exact) mass is 304 g/mol. The molecule has 3 aromatic rings. The van der Waals surface area contributed by atoms with E-state index in [-0.39, 0.29) is 5.91 Å². The summed E-state index contributed by atoms with van der Waals surface area (Å²) in [4.78, 5) is 16.8. The number of pyridine rings is 1. The Hall–Kier alpha value is -2.68. The van der Waals surface area contributed by atoms with Crippen molar-refractivity contribution in [1.82, 2.24) is 10.3 Å². The number of amides is 1. The third-order valence-corrected chi connectivity index (χ3v) is 4.10. The average molecular weight is 304 g/mol. The Kier molecular flexibility index (Phi) is 4.67. The minimum atomic E-state index is -0.120. The van der Waals surface area contributed by atoms with E-state index in [0.29, 0.717) is 18.2 Å². The molecule has 1 N–H and O–H groups in total. The molecular formula is C20H20N2O. The molecule has 1 aromatic heterocycles. The van der Waals surface area contributed by atoms with Crippen LogP contribution in [0.5, 0.6) is 0 Å². The Morgan fingerprint density at radius 1 is 1.00 bits per heavy atom. The van der Waals surface area contributed by atoms with Gasteiger partial charge in [0.1, 0.15) is 5.69 Å². The highest BCUT2D eigenvalue weighted by Crippen LogP contribution is 2.18. The van der Waals surface area contributed by atoms with Crippen LogP contribution in [0.15, 0.2) is 66.7 Å². The maximum absolute atomic E-state index is 12.4. The number of nitrogens with zero attached hydrogens (tertiary/aromatic N) is 1. The molecule has 0 spiro atoms. The van der Waals surface area contributed by atoms with E-state index in [9.17, 15) is 4.79 Å². The molecule has 0 aliphatic heterocycles. The number of fused-ring (bicyclic) bond motifs is 1. The van der Waals surface area contributed by atoms with Crippen LogP contribution in [0.3, 0.4) is 0 Å². The van der Waals surface area contributed by atoms with Gasteiger partial charge in [-0.15, -0.1) is 0 Å². The number of benzene rings is 2. The third kappa shape index (κ3) is 3.57. The zero-order chi connectivity index (χ0) is 16.1. The lowest BCUT2D eigenvalue weighted by molar-refractivity contribution is 0.0946. The summed E-state index contributed by atoms with van der Waals surface area (Å²) in [6.07, 6.45) is 0.982. The standard InChI is InChI=1S/C20H20N2O/c1-2-15(16-8-4-3-5-9-16)14-21-20(23)19-13-12-17-10-6-7-11-18(17)22-19/h3-13,15H,2,14H2,1H3,(H,21,23). The van der Waals surface area contributed by atoms with E-state index < -0.39 is 0 Å². The average Bonchev–Trinajstić information content (AvgIpc) is 2.62. The molecule has 0 aliphatic rings. The van der Waals surface area contributed by atoms with Gasteiger partial charge in [0.05, 0.1) is 5.52 Å². The van der Waals surface area contributed by atoms with Crippen LogP contribution in [0.4, 0.5) is 0 Å². The minimum Gasteiger partial charge on any atom is -0.350 e. The van der Waals surface area contributed by atoms with Crippen LogP contribution in [-0.2, 0) is 0 Å². The number of para-hydroxylation sites is 1. The van der Waals surface area contributed by atoms with Gasteiger partial charge in [0.15, 0.2) is 0 Å². The van der Waals surface area contributed by atoms with Gasteiger partial charge in [-0.05, 0) is 24.1 Å². The van der Waals surface area contributed by atoms with Crippen molar-refractivity contribution >= 4 is 16.8 Å². The first-order chi connectivity index (χ1) is 11.3.